The largest absolute Gasteiger partial charge is 0.399 e. The SMILES string of the molecule is N#Cc1cccn1CCC(=O)Nc1ccc(N)cc1. The van der Waals surface area contributed by atoms with Crippen molar-refractivity contribution in [2.24, 2.45) is 0 Å². The smallest absolute Gasteiger partial charge is 0.226 e. The topological polar surface area (TPSA) is 83.8 Å². The van der Waals surface area contributed by atoms with Gasteiger partial charge in [0.15, 0.2) is 0 Å². The number of benzene rings is 1. The molecular weight excluding hydrogens is 240 g/mol. The first-order valence-corrected chi connectivity index (χ1v) is 5.89. The number of rotatable bonds is 4. The maximum absolute atomic E-state index is 11.8. The Morgan fingerprint density at radius 1 is 1.32 bits per heavy atom. The number of nitriles is 1. The number of nitrogens with two attached hydrogens (primary N) is 1. The first-order chi connectivity index (χ1) is 9.19. The molecule has 19 heavy (non-hydrogen) atoms. The standard InChI is InChI=1S/C14H14N4O/c15-10-13-2-1-8-18(13)9-7-14(19)17-12-5-3-11(16)4-6-12/h1-6,8H,7,9,16H2,(H,17,19). The lowest BCUT2D eigenvalue weighted by atomic mass is 10.2. The van der Waals surface area contributed by atoms with Crippen LogP contribution in [0.5, 0.6) is 0 Å². The lowest BCUT2D eigenvalue weighted by Gasteiger charge is -2.07. The van der Waals surface area contributed by atoms with Crippen LogP contribution in [-0.4, -0.2) is 10.5 Å². The Morgan fingerprint density at radius 3 is 2.74 bits per heavy atom. The number of aromatic nitrogens is 1. The van der Waals surface area contributed by atoms with Crippen molar-refractivity contribution in [1.29, 1.82) is 5.26 Å². The number of amides is 1. The van der Waals surface area contributed by atoms with Crippen LogP contribution in [0.3, 0.4) is 0 Å². The fourth-order valence-electron chi connectivity index (χ4n) is 1.72. The van der Waals surface area contributed by atoms with Gasteiger partial charge in [-0.25, -0.2) is 0 Å². The molecule has 2 rings (SSSR count). The van der Waals surface area contributed by atoms with Crippen LogP contribution in [-0.2, 0) is 11.3 Å². The quantitative estimate of drug-likeness (QED) is 0.818. The van der Waals surface area contributed by atoms with Crippen LogP contribution in [0.25, 0.3) is 0 Å². The minimum Gasteiger partial charge on any atom is -0.399 e. The van der Waals surface area contributed by atoms with Crippen LogP contribution in [0.15, 0.2) is 42.6 Å². The summed E-state index contributed by atoms with van der Waals surface area (Å²) in [6.07, 6.45) is 2.10. The minimum absolute atomic E-state index is 0.0950. The maximum Gasteiger partial charge on any atom is 0.226 e. The van der Waals surface area contributed by atoms with E-state index in [0.717, 1.165) is 0 Å². The Labute approximate surface area is 111 Å². The number of nitrogen functional groups attached to an aromatic ring is 1. The maximum atomic E-state index is 11.8. The molecular formula is C14H14N4O. The molecule has 1 heterocycles. The van der Waals surface area contributed by atoms with E-state index in [4.69, 9.17) is 11.0 Å². The Morgan fingerprint density at radius 2 is 2.05 bits per heavy atom. The Hall–Kier alpha value is -2.74. The van der Waals surface area contributed by atoms with Crippen LogP contribution in [0.4, 0.5) is 11.4 Å². The number of anilines is 2. The van der Waals surface area contributed by atoms with Crippen molar-refractivity contribution in [2.75, 3.05) is 11.1 Å². The molecule has 96 valence electrons. The first kappa shape index (κ1) is 12.7. The molecule has 0 bridgehead atoms. The average molecular weight is 254 g/mol. The van der Waals surface area contributed by atoms with Gasteiger partial charge >= 0.3 is 0 Å². The van der Waals surface area contributed by atoms with E-state index < -0.39 is 0 Å². The van der Waals surface area contributed by atoms with Crippen LogP contribution in [0.2, 0.25) is 0 Å². The van der Waals surface area contributed by atoms with Crippen molar-refractivity contribution in [3.8, 4) is 6.07 Å². The van der Waals surface area contributed by atoms with Crippen LogP contribution in [0.1, 0.15) is 12.1 Å². The van der Waals surface area contributed by atoms with Gasteiger partial charge in [0.25, 0.3) is 0 Å². The number of carbonyl (C=O) groups excluding carboxylic acids is 1. The summed E-state index contributed by atoms with van der Waals surface area (Å²) in [5.74, 6) is -0.0950. The molecule has 0 saturated heterocycles. The molecule has 5 nitrogen and oxygen atoms in total. The minimum atomic E-state index is -0.0950. The van der Waals surface area contributed by atoms with Gasteiger partial charge in [-0.05, 0) is 36.4 Å². The molecule has 0 spiro atoms. The van der Waals surface area contributed by atoms with Gasteiger partial charge in [-0.15, -0.1) is 0 Å². The molecule has 0 saturated carbocycles. The Balaban J connectivity index is 1.88. The van der Waals surface area contributed by atoms with Crippen molar-refractivity contribution in [2.45, 2.75) is 13.0 Å². The van der Waals surface area contributed by atoms with E-state index in [1.54, 1.807) is 47.2 Å². The van der Waals surface area contributed by atoms with E-state index in [2.05, 4.69) is 11.4 Å². The number of hydrogen-bond acceptors (Lipinski definition) is 3. The van der Waals surface area contributed by atoms with E-state index in [0.29, 0.717) is 30.0 Å². The van der Waals surface area contributed by atoms with Gasteiger partial charge in [0.2, 0.25) is 5.91 Å². The van der Waals surface area contributed by atoms with Crippen LogP contribution in [0, 0.1) is 11.3 Å². The van der Waals surface area contributed by atoms with Crippen LogP contribution >= 0.6 is 0 Å². The third-order valence-electron chi connectivity index (χ3n) is 2.72. The fraction of sp³-hybridized carbons (Fsp3) is 0.143. The summed E-state index contributed by atoms with van der Waals surface area (Å²) >= 11 is 0. The molecule has 0 radical (unpaired) electrons. The van der Waals surface area contributed by atoms with Crippen molar-refractivity contribution in [3.05, 3.63) is 48.3 Å². The molecule has 1 aromatic carbocycles. The van der Waals surface area contributed by atoms with Crippen molar-refractivity contribution in [1.82, 2.24) is 4.57 Å². The van der Waals surface area contributed by atoms with Gasteiger partial charge in [-0.2, -0.15) is 5.26 Å². The highest BCUT2D eigenvalue weighted by Crippen LogP contribution is 2.11. The third kappa shape index (κ3) is 3.36. The fourth-order valence-corrected chi connectivity index (χ4v) is 1.72. The summed E-state index contributed by atoms with van der Waals surface area (Å²) in [4.78, 5) is 11.8. The Kier molecular flexibility index (Phi) is 3.84. The molecule has 1 amide bonds. The number of nitrogens with zero attached hydrogens (tertiary/aromatic N) is 2. The zero-order chi connectivity index (χ0) is 13.7. The predicted octanol–water partition coefficient (Wildman–Crippen LogP) is 1.97. The van der Waals surface area contributed by atoms with Crippen molar-refractivity contribution in [3.63, 3.8) is 0 Å². The van der Waals surface area contributed by atoms with Gasteiger partial charge in [0.1, 0.15) is 11.8 Å². The summed E-state index contributed by atoms with van der Waals surface area (Å²) < 4.78 is 1.75. The Bertz CT molecular complexity index is 607. The molecule has 0 atom stereocenters. The molecule has 0 unspecified atom stereocenters. The predicted molar refractivity (Wildman–Crippen MR) is 73.2 cm³/mol. The molecule has 0 aliphatic carbocycles. The second kappa shape index (κ2) is 5.74. The van der Waals surface area contributed by atoms with E-state index >= 15 is 0 Å². The summed E-state index contributed by atoms with van der Waals surface area (Å²) in [7, 11) is 0. The lowest BCUT2D eigenvalue weighted by Crippen LogP contribution is -2.14. The molecule has 3 N–H and O–H groups in total. The number of carbonyl (C=O) groups is 1. The van der Waals surface area contributed by atoms with Crippen LogP contribution < -0.4 is 11.1 Å². The molecule has 0 aliphatic heterocycles. The monoisotopic (exact) mass is 254 g/mol. The van der Waals surface area contributed by atoms with Gasteiger partial charge in [-0.3, -0.25) is 4.79 Å². The summed E-state index contributed by atoms with van der Waals surface area (Å²) in [6, 6.07) is 12.6. The highest BCUT2D eigenvalue weighted by molar-refractivity contribution is 5.90. The number of aryl methyl sites for hydroxylation is 1. The summed E-state index contributed by atoms with van der Waals surface area (Å²) in [5, 5.41) is 11.6. The first-order valence-electron chi connectivity index (χ1n) is 5.89. The molecule has 5 heteroatoms. The van der Waals surface area contributed by atoms with Gasteiger partial charge in [0.05, 0.1) is 0 Å². The molecule has 0 fully saturated rings. The zero-order valence-corrected chi connectivity index (χ0v) is 10.3. The second-order valence-electron chi connectivity index (χ2n) is 4.12. The highest BCUT2D eigenvalue weighted by Gasteiger charge is 2.05. The summed E-state index contributed by atoms with van der Waals surface area (Å²) in [6.45, 7) is 0.483. The second-order valence-corrected chi connectivity index (χ2v) is 4.12. The molecule has 2 aromatic rings. The van der Waals surface area contributed by atoms with E-state index in [1.807, 2.05) is 0 Å². The third-order valence-corrected chi connectivity index (χ3v) is 2.72. The van der Waals surface area contributed by atoms with Gasteiger partial charge < -0.3 is 15.6 Å². The molecule has 0 aliphatic rings. The molecule has 1 aromatic heterocycles. The highest BCUT2D eigenvalue weighted by atomic mass is 16.1. The summed E-state index contributed by atoms with van der Waals surface area (Å²) in [5.41, 5.74) is 7.49. The van der Waals surface area contributed by atoms with Gasteiger partial charge in [0, 0.05) is 30.5 Å². The van der Waals surface area contributed by atoms with E-state index in [-0.39, 0.29) is 5.91 Å². The lowest BCUT2D eigenvalue weighted by molar-refractivity contribution is -0.116. The van der Waals surface area contributed by atoms with Crippen molar-refractivity contribution < 1.29 is 4.79 Å². The average Bonchev–Trinajstić information content (AvgIpc) is 2.86. The van der Waals surface area contributed by atoms with E-state index in [9.17, 15) is 4.79 Å². The van der Waals surface area contributed by atoms with Crippen molar-refractivity contribution >= 4 is 17.3 Å². The normalized spacial score (nSPS) is 9.84. The zero-order valence-electron chi connectivity index (χ0n) is 10.3. The number of hydrogen-bond donors (Lipinski definition) is 2. The number of nitrogens with one attached hydrogen (secondary N) is 1. The van der Waals surface area contributed by atoms with Gasteiger partial charge in [-0.1, -0.05) is 0 Å². The van der Waals surface area contributed by atoms with E-state index in [1.165, 1.54) is 0 Å².